The Labute approximate surface area is 102 Å². The van der Waals surface area contributed by atoms with Gasteiger partial charge >= 0.3 is 0 Å². The second-order valence-corrected chi connectivity index (χ2v) is 6.70. The van der Waals surface area contributed by atoms with Gasteiger partial charge in [-0.3, -0.25) is 0 Å². The van der Waals surface area contributed by atoms with Gasteiger partial charge in [0.05, 0.1) is 4.90 Å². The molecule has 1 aromatic rings. The van der Waals surface area contributed by atoms with Crippen LogP contribution in [0.2, 0.25) is 0 Å². The fourth-order valence-electron chi connectivity index (χ4n) is 1.80. The van der Waals surface area contributed by atoms with E-state index in [0.717, 1.165) is 24.0 Å². The highest BCUT2D eigenvalue weighted by molar-refractivity contribution is 7.89. The number of nitrogens with two attached hydrogens (primary N) is 1. The van der Waals surface area contributed by atoms with Gasteiger partial charge in [0.2, 0.25) is 10.0 Å². The van der Waals surface area contributed by atoms with Crippen LogP contribution in [-0.2, 0) is 10.0 Å². The van der Waals surface area contributed by atoms with Crippen molar-refractivity contribution in [2.45, 2.75) is 37.6 Å². The minimum atomic E-state index is -3.38. The molecule has 94 valence electrons. The molecule has 2 N–H and O–H groups in total. The maximum atomic E-state index is 12.3. The molecule has 1 aliphatic rings. The van der Waals surface area contributed by atoms with Gasteiger partial charge in [-0.05, 0) is 49.9 Å². The lowest BCUT2D eigenvalue weighted by Crippen LogP contribution is -2.29. The van der Waals surface area contributed by atoms with Crippen LogP contribution in [0.1, 0.15) is 24.0 Å². The Bertz CT molecular complexity index is 525. The van der Waals surface area contributed by atoms with Crippen molar-refractivity contribution in [3.05, 3.63) is 23.3 Å². The van der Waals surface area contributed by atoms with E-state index in [2.05, 4.69) is 0 Å². The molecule has 0 atom stereocenters. The molecule has 1 aliphatic carbocycles. The number of nitrogens with zero attached hydrogens (tertiary/aromatic N) is 1. The van der Waals surface area contributed by atoms with E-state index in [0.29, 0.717) is 10.6 Å². The van der Waals surface area contributed by atoms with E-state index in [1.165, 1.54) is 4.31 Å². The highest BCUT2D eigenvalue weighted by atomic mass is 32.2. The minimum absolute atomic E-state index is 0.169. The number of sulfonamides is 1. The molecular weight excluding hydrogens is 236 g/mol. The molecule has 0 aliphatic heterocycles. The van der Waals surface area contributed by atoms with E-state index >= 15 is 0 Å². The zero-order valence-electron chi connectivity index (χ0n) is 10.4. The molecule has 0 heterocycles. The monoisotopic (exact) mass is 254 g/mol. The van der Waals surface area contributed by atoms with Crippen LogP contribution in [0.15, 0.2) is 17.0 Å². The number of aryl methyl sites for hydroxylation is 1. The van der Waals surface area contributed by atoms with Gasteiger partial charge in [0.15, 0.2) is 0 Å². The van der Waals surface area contributed by atoms with E-state index in [4.69, 9.17) is 5.73 Å². The Morgan fingerprint density at radius 2 is 1.88 bits per heavy atom. The van der Waals surface area contributed by atoms with Crippen LogP contribution in [0, 0.1) is 13.8 Å². The summed E-state index contributed by atoms with van der Waals surface area (Å²) >= 11 is 0. The number of hydrogen-bond acceptors (Lipinski definition) is 3. The predicted molar refractivity (Wildman–Crippen MR) is 68.3 cm³/mol. The maximum Gasteiger partial charge on any atom is 0.243 e. The molecule has 0 unspecified atom stereocenters. The lowest BCUT2D eigenvalue weighted by atomic mass is 10.1. The first-order valence-corrected chi connectivity index (χ1v) is 7.13. The summed E-state index contributed by atoms with van der Waals surface area (Å²) < 4.78 is 26.1. The first-order chi connectivity index (χ1) is 7.84. The molecule has 0 amide bonds. The van der Waals surface area contributed by atoms with Gasteiger partial charge < -0.3 is 5.73 Å². The third kappa shape index (κ3) is 2.17. The average molecular weight is 254 g/mol. The van der Waals surface area contributed by atoms with Crippen LogP contribution in [0.3, 0.4) is 0 Å². The molecule has 4 nitrogen and oxygen atoms in total. The van der Waals surface area contributed by atoms with Crippen LogP contribution in [-0.4, -0.2) is 25.8 Å². The number of nitrogen functional groups attached to an aromatic ring is 1. The van der Waals surface area contributed by atoms with Crippen molar-refractivity contribution in [2.75, 3.05) is 12.8 Å². The van der Waals surface area contributed by atoms with Crippen molar-refractivity contribution in [1.82, 2.24) is 4.31 Å². The lowest BCUT2D eigenvalue weighted by molar-refractivity contribution is 0.464. The van der Waals surface area contributed by atoms with Crippen molar-refractivity contribution < 1.29 is 8.42 Å². The zero-order valence-corrected chi connectivity index (χ0v) is 11.2. The van der Waals surface area contributed by atoms with Crippen LogP contribution < -0.4 is 5.73 Å². The Morgan fingerprint density at radius 1 is 1.29 bits per heavy atom. The van der Waals surface area contributed by atoms with Crippen molar-refractivity contribution in [3.63, 3.8) is 0 Å². The molecule has 1 aromatic carbocycles. The predicted octanol–water partition coefficient (Wildman–Crippen LogP) is 1.67. The Kier molecular flexibility index (Phi) is 2.91. The van der Waals surface area contributed by atoms with Crippen LogP contribution in [0.25, 0.3) is 0 Å². The Hall–Kier alpha value is -1.07. The summed E-state index contributed by atoms with van der Waals surface area (Å²) in [6.07, 6.45) is 1.91. The van der Waals surface area contributed by atoms with Gasteiger partial charge in [0, 0.05) is 18.8 Å². The third-order valence-corrected chi connectivity index (χ3v) is 5.31. The van der Waals surface area contributed by atoms with Crippen LogP contribution in [0.5, 0.6) is 0 Å². The molecule has 1 fully saturated rings. The normalized spacial score (nSPS) is 16.5. The van der Waals surface area contributed by atoms with Gasteiger partial charge in [-0.25, -0.2) is 8.42 Å². The summed E-state index contributed by atoms with van der Waals surface area (Å²) in [6, 6.07) is 3.42. The van der Waals surface area contributed by atoms with Gasteiger partial charge in [-0.1, -0.05) is 0 Å². The van der Waals surface area contributed by atoms with E-state index < -0.39 is 10.0 Å². The highest BCUT2D eigenvalue weighted by Crippen LogP contribution is 2.31. The standard InChI is InChI=1S/C12H18N2O2S/c1-8-6-11(7-12(13)9(8)2)17(15,16)14(3)10-4-5-10/h6-7,10H,4-5,13H2,1-3H3. The van der Waals surface area contributed by atoms with E-state index in [1.54, 1.807) is 19.2 Å². The van der Waals surface area contributed by atoms with Crippen molar-refractivity contribution in [1.29, 1.82) is 0 Å². The summed E-state index contributed by atoms with van der Waals surface area (Å²) in [5, 5.41) is 0. The molecule has 0 aromatic heterocycles. The van der Waals surface area contributed by atoms with E-state index in [-0.39, 0.29) is 6.04 Å². The number of benzene rings is 1. The summed E-state index contributed by atoms with van der Waals surface area (Å²) in [4.78, 5) is 0.299. The third-order valence-electron chi connectivity index (χ3n) is 3.42. The fourth-order valence-corrected chi connectivity index (χ4v) is 3.34. The summed E-state index contributed by atoms with van der Waals surface area (Å²) in [6.45, 7) is 3.77. The van der Waals surface area contributed by atoms with Crippen molar-refractivity contribution in [3.8, 4) is 0 Å². The highest BCUT2D eigenvalue weighted by Gasteiger charge is 2.35. The molecule has 0 spiro atoms. The van der Waals surface area contributed by atoms with Crippen molar-refractivity contribution in [2.24, 2.45) is 0 Å². The number of hydrogen-bond donors (Lipinski definition) is 1. The quantitative estimate of drug-likeness (QED) is 0.834. The average Bonchev–Trinajstić information content (AvgIpc) is 3.07. The van der Waals surface area contributed by atoms with Gasteiger partial charge in [-0.2, -0.15) is 4.31 Å². The Morgan fingerprint density at radius 3 is 2.35 bits per heavy atom. The SMILES string of the molecule is Cc1cc(S(=O)(=O)N(C)C2CC2)cc(N)c1C. The van der Waals surface area contributed by atoms with E-state index in [9.17, 15) is 8.42 Å². The smallest absolute Gasteiger partial charge is 0.243 e. The molecule has 5 heteroatoms. The molecule has 2 rings (SSSR count). The molecule has 1 saturated carbocycles. The first kappa shape index (κ1) is 12.4. The van der Waals surface area contributed by atoms with Gasteiger partial charge in [0.1, 0.15) is 0 Å². The molecule has 17 heavy (non-hydrogen) atoms. The van der Waals surface area contributed by atoms with Gasteiger partial charge in [-0.15, -0.1) is 0 Å². The fraction of sp³-hybridized carbons (Fsp3) is 0.500. The number of rotatable bonds is 3. The molecule has 0 saturated heterocycles. The van der Waals surface area contributed by atoms with Gasteiger partial charge in [0.25, 0.3) is 0 Å². The second-order valence-electron chi connectivity index (χ2n) is 4.71. The zero-order chi connectivity index (χ0) is 12.8. The second kappa shape index (κ2) is 3.99. The lowest BCUT2D eigenvalue weighted by Gasteiger charge is -2.17. The molecular formula is C12H18N2O2S. The summed E-state index contributed by atoms with van der Waals surface area (Å²) in [5.41, 5.74) is 8.21. The van der Waals surface area contributed by atoms with Crippen molar-refractivity contribution >= 4 is 15.7 Å². The number of anilines is 1. The topological polar surface area (TPSA) is 63.4 Å². The minimum Gasteiger partial charge on any atom is -0.398 e. The summed E-state index contributed by atoms with van der Waals surface area (Å²) in [5.74, 6) is 0. The first-order valence-electron chi connectivity index (χ1n) is 5.69. The van der Waals surface area contributed by atoms with Crippen LogP contribution >= 0.6 is 0 Å². The largest absolute Gasteiger partial charge is 0.398 e. The summed E-state index contributed by atoms with van der Waals surface area (Å²) in [7, 11) is -1.75. The Balaban J connectivity index is 2.46. The molecule has 0 bridgehead atoms. The molecule has 0 radical (unpaired) electrons. The van der Waals surface area contributed by atoms with E-state index in [1.807, 2.05) is 13.8 Å². The van der Waals surface area contributed by atoms with Crippen LogP contribution in [0.4, 0.5) is 5.69 Å². The maximum absolute atomic E-state index is 12.3.